The van der Waals surface area contributed by atoms with Crippen LogP contribution in [0.1, 0.15) is 45.2 Å². The maximum absolute atomic E-state index is 14.2. The first-order valence-electron chi connectivity index (χ1n) is 13.1. The highest BCUT2D eigenvalue weighted by molar-refractivity contribution is 7.92. The van der Waals surface area contributed by atoms with Crippen LogP contribution in [-0.4, -0.2) is 43.3 Å². The Morgan fingerprint density at radius 1 is 0.881 bits per heavy atom. The molecule has 42 heavy (non-hydrogen) atoms. The number of anilines is 1. The first kappa shape index (κ1) is 34.0. The Morgan fingerprint density at radius 2 is 1.48 bits per heavy atom. The molecular formula is C30H33Cl4N3O4S. The van der Waals surface area contributed by atoms with Crippen LogP contribution in [0.4, 0.5) is 5.69 Å². The van der Waals surface area contributed by atoms with Crippen molar-refractivity contribution in [3.05, 3.63) is 91.9 Å². The highest BCUT2D eigenvalue weighted by Gasteiger charge is 2.35. The van der Waals surface area contributed by atoms with Crippen molar-refractivity contribution in [1.29, 1.82) is 0 Å². The number of nitrogens with one attached hydrogen (secondary N) is 1. The Labute approximate surface area is 267 Å². The fraction of sp³-hybridized carbons (Fsp3) is 0.333. The molecule has 3 rings (SSSR count). The van der Waals surface area contributed by atoms with Crippen LogP contribution in [0.15, 0.2) is 65.6 Å². The second kappa shape index (κ2) is 13.9. The molecule has 0 radical (unpaired) electrons. The molecule has 0 heterocycles. The lowest BCUT2D eigenvalue weighted by Crippen LogP contribution is -2.55. The van der Waals surface area contributed by atoms with Gasteiger partial charge < -0.3 is 10.2 Å². The predicted molar refractivity (Wildman–Crippen MR) is 171 cm³/mol. The zero-order chi connectivity index (χ0) is 31.4. The van der Waals surface area contributed by atoms with E-state index in [1.165, 1.54) is 35.2 Å². The smallest absolute Gasteiger partial charge is 0.264 e. The van der Waals surface area contributed by atoms with Gasteiger partial charge in [0.15, 0.2) is 0 Å². The largest absolute Gasteiger partial charge is 0.350 e. The molecule has 0 fully saturated rings. The Balaban J connectivity index is 2.14. The molecule has 1 N–H and O–H groups in total. The molecule has 0 aliphatic carbocycles. The SMILES string of the molecule is CC[C@H](C(=O)NC(C)(C)C)N(Cc1c(Cl)cccc1Cl)C(=O)CN(c1ccc(Cl)c(Cl)c1)S(=O)(=O)c1ccc(C)cc1. The van der Waals surface area contributed by atoms with E-state index in [0.29, 0.717) is 15.6 Å². The average Bonchev–Trinajstić information content (AvgIpc) is 2.89. The van der Waals surface area contributed by atoms with Gasteiger partial charge in [0, 0.05) is 27.7 Å². The summed E-state index contributed by atoms with van der Waals surface area (Å²) in [5.41, 5.74) is 0.840. The van der Waals surface area contributed by atoms with E-state index in [-0.39, 0.29) is 33.6 Å². The van der Waals surface area contributed by atoms with Gasteiger partial charge in [-0.2, -0.15) is 0 Å². The minimum Gasteiger partial charge on any atom is -0.350 e. The Morgan fingerprint density at radius 3 is 2.00 bits per heavy atom. The van der Waals surface area contributed by atoms with E-state index >= 15 is 0 Å². The molecule has 1 atom stereocenters. The molecule has 0 bridgehead atoms. The van der Waals surface area contributed by atoms with Crippen LogP contribution < -0.4 is 9.62 Å². The highest BCUT2D eigenvalue weighted by atomic mass is 35.5. The van der Waals surface area contributed by atoms with Gasteiger partial charge >= 0.3 is 0 Å². The Hall–Kier alpha value is -2.49. The summed E-state index contributed by atoms with van der Waals surface area (Å²) in [6.07, 6.45) is 0.243. The van der Waals surface area contributed by atoms with Gasteiger partial charge in [-0.3, -0.25) is 13.9 Å². The van der Waals surface area contributed by atoms with Gasteiger partial charge in [-0.15, -0.1) is 0 Å². The van der Waals surface area contributed by atoms with E-state index in [4.69, 9.17) is 46.4 Å². The normalized spacial score (nSPS) is 12.5. The number of amides is 2. The third-order valence-corrected chi connectivity index (χ3v) is 9.59. The molecule has 0 aromatic heterocycles. The molecule has 3 aromatic carbocycles. The maximum atomic E-state index is 14.2. The summed E-state index contributed by atoms with van der Waals surface area (Å²) < 4.78 is 28.9. The number of benzene rings is 3. The van der Waals surface area contributed by atoms with E-state index in [1.54, 1.807) is 37.3 Å². The van der Waals surface area contributed by atoms with Gasteiger partial charge in [-0.05, 0) is 76.6 Å². The summed E-state index contributed by atoms with van der Waals surface area (Å²) in [4.78, 5) is 28.9. The van der Waals surface area contributed by atoms with Crippen molar-refractivity contribution in [2.75, 3.05) is 10.8 Å². The van der Waals surface area contributed by atoms with Gasteiger partial charge in [0.05, 0.1) is 20.6 Å². The van der Waals surface area contributed by atoms with Gasteiger partial charge in [-0.25, -0.2) is 8.42 Å². The first-order valence-corrected chi connectivity index (χ1v) is 16.1. The molecule has 0 unspecified atom stereocenters. The molecule has 0 saturated carbocycles. The average molecular weight is 673 g/mol. The number of nitrogens with zero attached hydrogens (tertiary/aromatic N) is 2. The van der Waals surface area contributed by atoms with Crippen LogP contribution >= 0.6 is 46.4 Å². The van der Waals surface area contributed by atoms with E-state index in [1.807, 2.05) is 27.7 Å². The lowest BCUT2D eigenvalue weighted by molar-refractivity contribution is -0.141. The lowest BCUT2D eigenvalue weighted by Gasteiger charge is -2.35. The van der Waals surface area contributed by atoms with Crippen molar-refractivity contribution < 1.29 is 18.0 Å². The van der Waals surface area contributed by atoms with Crippen molar-refractivity contribution in [2.45, 2.75) is 64.1 Å². The molecule has 0 aliphatic heterocycles. The molecule has 0 saturated heterocycles. The number of carbonyl (C=O) groups excluding carboxylic acids is 2. The van der Waals surface area contributed by atoms with Crippen molar-refractivity contribution >= 4 is 73.9 Å². The number of rotatable bonds is 10. The summed E-state index contributed by atoms with van der Waals surface area (Å²) in [5.74, 6) is -1.05. The number of hydrogen-bond donors (Lipinski definition) is 1. The highest BCUT2D eigenvalue weighted by Crippen LogP contribution is 2.32. The van der Waals surface area contributed by atoms with Gasteiger partial charge in [0.25, 0.3) is 10.0 Å². The predicted octanol–water partition coefficient (Wildman–Crippen LogP) is 7.53. The standard InChI is InChI=1S/C30H33Cl4N3O4S/c1-6-27(29(39)35-30(3,4)5)36(17-22-23(31)8-7-9-24(22)32)28(38)18-37(20-12-15-25(33)26(34)16-20)42(40,41)21-13-10-19(2)11-14-21/h7-16,27H,6,17-18H2,1-5H3,(H,35,39)/t27-/m1/s1. The van der Waals surface area contributed by atoms with Crippen LogP contribution in [0.25, 0.3) is 0 Å². The number of hydrogen-bond acceptors (Lipinski definition) is 4. The lowest BCUT2D eigenvalue weighted by atomic mass is 10.1. The van der Waals surface area contributed by atoms with Gasteiger partial charge in [-0.1, -0.05) is 77.1 Å². The van der Waals surface area contributed by atoms with Crippen molar-refractivity contribution in [3.63, 3.8) is 0 Å². The molecule has 7 nitrogen and oxygen atoms in total. The van der Waals surface area contributed by atoms with Crippen LogP contribution in [0.3, 0.4) is 0 Å². The maximum Gasteiger partial charge on any atom is 0.264 e. The monoisotopic (exact) mass is 671 g/mol. The van der Waals surface area contributed by atoms with E-state index in [2.05, 4.69) is 5.32 Å². The zero-order valence-electron chi connectivity index (χ0n) is 23.9. The van der Waals surface area contributed by atoms with E-state index in [0.717, 1.165) is 9.87 Å². The molecule has 226 valence electrons. The minimum absolute atomic E-state index is 0.0230. The number of sulfonamides is 1. The van der Waals surface area contributed by atoms with Crippen LogP contribution in [0, 0.1) is 6.92 Å². The number of carbonyl (C=O) groups is 2. The fourth-order valence-electron chi connectivity index (χ4n) is 4.23. The van der Waals surface area contributed by atoms with Crippen LogP contribution in [0.2, 0.25) is 20.1 Å². The van der Waals surface area contributed by atoms with Crippen LogP contribution in [-0.2, 0) is 26.2 Å². The molecule has 0 aliphatic rings. The summed E-state index contributed by atoms with van der Waals surface area (Å²) in [7, 11) is -4.27. The third kappa shape index (κ3) is 8.32. The molecule has 0 spiro atoms. The first-order chi connectivity index (χ1) is 19.5. The minimum atomic E-state index is -4.27. The molecule has 12 heteroatoms. The zero-order valence-corrected chi connectivity index (χ0v) is 27.8. The summed E-state index contributed by atoms with van der Waals surface area (Å²) in [6.45, 7) is 8.31. The number of halogens is 4. The van der Waals surface area contributed by atoms with Gasteiger partial charge in [0.2, 0.25) is 11.8 Å². The van der Waals surface area contributed by atoms with Crippen molar-refractivity contribution in [3.8, 4) is 0 Å². The summed E-state index contributed by atoms with van der Waals surface area (Å²) in [6, 6.07) is 14.5. The Bertz CT molecular complexity index is 1540. The van der Waals surface area contributed by atoms with E-state index in [9.17, 15) is 18.0 Å². The topological polar surface area (TPSA) is 86.8 Å². The Kier molecular flexibility index (Phi) is 11.2. The second-order valence-electron chi connectivity index (χ2n) is 10.8. The molecule has 3 aromatic rings. The third-order valence-electron chi connectivity index (χ3n) is 6.35. The summed E-state index contributed by atoms with van der Waals surface area (Å²) in [5, 5.41) is 3.86. The second-order valence-corrected chi connectivity index (χ2v) is 14.3. The van der Waals surface area contributed by atoms with E-state index < -0.39 is 40.0 Å². The fourth-order valence-corrected chi connectivity index (χ4v) is 6.45. The summed E-state index contributed by atoms with van der Waals surface area (Å²) >= 11 is 25.3. The number of aryl methyl sites for hydroxylation is 1. The van der Waals surface area contributed by atoms with Crippen molar-refractivity contribution in [1.82, 2.24) is 10.2 Å². The molecule has 2 amide bonds. The quantitative estimate of drug-likeness (QED) is 0.241. The van der Waals surface area contributed by atoms with Crippen molar-refractivity contribution in [2.24, 2.45) is 0 Å². The van der Waals surface area contributed by atoms with Crippen LogP contribution in [0.5, 0.6) is 0 Å². The van der Waals surface area contributed by atoms with Gasteiger partial charge in [0.1, 0.15) is 12.6 Å². The molecular weight excluding hydrogens is 640 g/mol.